The molecule has 0 radical (unpaired) electrons. The summed E-state index contributed by atoms with van der Waals surface area (Å²) in [5.41, 5.74) is 2.13. The van der Waals surface area contributed by atoms with Gasteiger partial charge < -0.3 is 14.5 Å². The number of para-hydroxylation sites is 1. The standard InChI is InChI=1S/C17H25NO2/c1-4-5-10-19-12-15-14-8-6-7-9-16(14)20-17(15)11-18-13(2)3/h6-9,13,18H,4-5,10-12H2,1-3H3. The molecule has 1 aromatic heterocycles. The van der Waals surface area contributed by atoms with Crippen molar-refractivity contribution in [3.8, 4) is 0 Å². The Kier molecular flexibility index (Phi) is 5.62. The van der Waals surface area contributed by atoms with Crippen molar-refractivity contribution in [1.29, 1.82) is 0 Å². The normalized spacial score (nSPS) is 11.6. The zero-order valence-corrected chi connectivity index (χ0v) is 12.7. The third kappa shape index (κ3) is 3.84. The molecule has 0 saturated carbocycles. The quantitative estimate of drug-likeness (QED) is 0.731. The first-order valence-corrected chi connectivity index (χ1v) is 7.52. The Hall–Kier alpha value is -1.32. The summed E-state index contributed by atoms with van der Waals surface area (Å²) in [6.07, 6.45) is 2.27. The van der Waals surface area contributed by atoms with E-state index in [0.717, 1.165) is 37.3 Å². The van der Waals surface area contributed by atoms with Gasteiger partial charge in [-0.05, 0) is 12.5 Å². The molecule has 0 aliphatic heterocycles. The average molecular weight is 275 g/mol. The van der Waals surface area contributed by atoms with Crippen LogP contribution in [0.1, 0.15) is 44.9 Å². The van der Waals surface area contributed by atoms with Crippen LogP contribution in [0.25, 0.3) is 11.0 Å². The maximum atomic E-state index is 5.96. The zero-order valence-electron chi connectivity index (χ0n) is 12.7. The number of furan rings is 1. The number of unbranched alkanes of at least 4 members (excludes halogenated alkanes) is 1. The van der Waals surface area contributed by atoms with Crippen LogP contribution in [-0.2, 0) is 17.9 Å². The zero-order chi connectivity index (χ0) is 14.4. The summed E-state index contributed by atoms with van der Waals surface area (Å²) < 4.78 is 11.8. The number of benzene rings is 1. The van der Waals surface area contributed by atoms with Crippen molar-refractivity contribution in [1.82, 2.24) is 5.32 Å². The predicted octanol–water partition coefficient (Wildman–Crippen LogP) is 4.25. The Morgan fingerprint density at radius 3 is 2.80 bits per heavy atom. The van der Waals surface area contributed by atoms with E-state index >= 15 is 0 Å². The van der Waals surface area contributed by atoms with Crippen molar-refractivity contribution < 1.29 is 9.15 Å². The van der Waals surface area contributed by atoms with E-state index in [9.17, 15) is 0 Å². The Labute approximate surface area is 121 Å². The summed E-state index contributed by atoms with van der Waals surface area (Å²) in [7, 11) is 0. The second-order valence-electron chi connectivity index (χ2n) is 5.44. The van der Waals surface area contributed by atoms with Crippen LogP contribution in [0.3, 0.4) is 0 Å². The molecule has 0 aliphatic rings. The lowest BCUT2D eigenvalue weighted by atomic mass is 10.1. The van der Waals surface area contributed by atoms with Crippen LogP contribution in [0.5, 0.6) is 0 Å². The molecule has 0 aliphatic carbocycles. The van der Waals surface area contributed by atoms with Gasteiger partial charge in [-0.3, -0.25) is 0 Å². The number of hydrogen-bond acceptors (Lipinski definition) is 3. The molecule has 3 nitrogen and oxygen atoms in total. The molecule has 0 spiro atoms. The van der Waals surface area contributed by atoms with Crippen LogP contribution < -0.4 is 5.32 Å². The largest absolute Gasteiger partial charge is 0.459 e. The minimum absolute atomic E-state index is 0.442. The first kappa shape index (κ1) is 15.1. The van der Waals surface area contributed by atoms with E-state index in [2.05, 4.69) is 32.2 Å². The fraction of sp³-hybridized carbons (Fsp3) is 0.529. The molecule has 0 saturated heterocycles. The Balaban J connectivity index is 2.16. The molecule has 2 aromatic rings. The van der Waals surface area contributed by atoms with Gasteiger partial charge in [-0.1, -0.05) is 45.4 Å². The summed E-state index contributed by atoms with van der Waals surface area (Å²) in [6, 6.07) is 8.62. The van der Waals surface area contributed by atoms with Gasteiger partial charge >= 0.3 is 0 Å². The lowest BCUT2D eigenvalue weighted by Gasteiger charge is -2.08. The van der Waals surface area contributed by atoms with Gasteiger partial charge in [0.15, 0.2) is 0 Å². The molecular weight excluding hydrogens is 250 g/mol. The second kappa shape index (κ2) is 7.46. The molecule has 0 fully saturated rings. The number of fused-ring (bicyclic) bond motifs is 1. The fourth-order valence-corrected chi connectivity index (χ4v) is 2.17. The number of hydrogen-bond donors (Lipinski definition) is 1. The summed E-state index contributed by atoms with van der Waals surface area (Å²) in [5.74, 6) is 0.997. The van der Waals surface area contributed by atoms with E-state index in [4.69, 9.17) is 9.15 Å². The molecule has 2 rings (SSSR count). The second-order valence-corrected chi connectivity index (χ2v) is 5.44. The van der Waals surface area contributed by atoms with Crippen molar-refractivity contribution in [2.75, 3.05) is 6.61 Å². The molecular formula is C17H25NO2. The highest BCUT2D eigenvalue weighted by Crippen LogP contribution is 2.26. The Morgan fingerprint density at radius 1 is 1.25 bits per heavy atom. The minimum atomic E-state index is 0.442. The highest BCUT2D eigenvalue weighted by Gasteiger charge is 2.13. The van der Waals surface area contributed by atoms with Crippen LogP contribution in [-0.4, -0.2) is 12.6 Å². The van der Waals surface area contributed by atoms with Gasteiger partial charge in [0, 0.05) is 23.6 Å². The molecule has 0 unspecified atom stereocenters. The SMILES string of the molecule is CCCCOCc1c(CNC(C)C)oc2ccccc12. The summed E-state index contributed by atoms with van der Waals surface area (Å²) in [6.45, 7) is 8.65. The van der Waals surface area contributed by atoms with E-state index < -0.39 is 0 Å². The lowest BCUT2D eigenvalue weighted by Crippen LogP contribution is -2.22. The van der Waals surface area contributed by atoms with Gasteiger partial charge in [0.05, 0.1) is 13.2 Å². The van der Waals surface area contributed by atoms with Crippen molar-refractivity contribution in [2.45, 2.75) is 52.8 Å². The van der Waals surface area contributed by atoms with E-state index in [-0.39, 0.29) is 0 Å². The molecule has 3 heteroatoms. The van der Waals surface area contributed by atoms with Gasteiger partial charge in [0.25, 0.3) is 0 Å². The summed E-state index contributed by atoms with van der Waals surface area (Å²) in [5, 5.41) is 4.59. The highest BCUT2D eigenvalue weighted by molar-refractivity contribution is 5.82. The molecule has 0 atom stereocenters. The maximum absolute atomic E-state index is 5.96. The van der Waals surface area contributed by atoms with Crippen molar-refractivity contribution in [3.63, 3.8) is 0 Å². The van der Waals surface area contributed by atoms with Gasteiger partial charge in [-0.15, -0.1) is 0 Å². The van der Waals surface area contributed by atoms with Crippen LogP contribution in [0.4, 0.5) is 0 Å². The highest BCUT2D eigenvalue weighted by atomic mass is 16.5. The monoisotopic (exact) mass is 275 g/mol. The first-order valence-electron chi connectivity index (χ1n) is 7.52. The Bertz CT molecular complexity index is 531. The molecule has 1 aromatic carbocycles. The van der Waals surface area contributed by atoms with Crippen LogP contribution in [0.2, 0.25) is 0 Å². The maximum Gasteiger partial charge on any atom is 0.134 e. The topological polar surface area (TPSA) is 34.4 Å². The first-order chi connectivity index (χ1) is 9.72. The molecule has 110 valence electrons. The predicted molar refractivity (Wildman–Crippen MR) is 82.8 cm³/mol. The van der Waals surface area contributed by atoms with Crippen molar-refractivity contribution in [3.05, 3.63) is 35.6 Å². The average Bonchev–Trinajstić information content (AvgIpc) is 2.79. The number of nitrogens with one attached hydrogen (secondary N) is 1. The minimum Gasteiger partial charge on any atom is -0.459 e. The third-order valence-corrected chi connectivity index (χ3v) is 3.34. The van der Waals surface area contributed by atoms with Crippen molar-refractivity contribution >= 4 is 11.0 Å². The number of rotatable bonds is 8. The van der Waals surface area contributed by atoms with E-state index in [1.807, 2.05) is 18.2 Å². The van der Waals surface area contributed by atoms with E-state index in [0.29, 0.717) is 12.6 Å². The molecule has 0 amide bonds. The van der Waals surface area contributed by atoms with Crippen LogP contribution in [0, 0.1) is 0 Å². The van der Waals surface area contributed by atoms with Gasteiger partial charge in [-0.2, -0.15) is 0 Å². The molecule has 20 heavy (non-hydrogen) atoms. The number of ether oxygens (including phenoxy) is 1. The fourth-order valence-electron chi connectivity index (χ4n) is 2.17. The lowest BCUT2D eigenvalue weighted by molar-refractivity contribution is 0.117. The molecule has 0 bridgehead atoms. The van der Waals surface area contributed by atoms with Crippen LogP contribution in [0.15, 0.2) is 28.7 Å². The van der Waals surface area contributed by atoms with Crippen LogP contribution >= 0.6 is 0 Å². The Morgan fingerprint density at radius 2 is 2.05 bits per heavy atom. The third-order valence-electron chi connectivity index (χ3n) is 3.34. The molecule has 1 heterocycles. The van der Waals surface area contributed by atoms with Crippen molar-refractivity contribution in [2.24, 2.45) is 0 Å². The van der Waals surface area contributed by atoms with E-state index in [1.54, 1.807) is 0 Å². The van der Waals surface area contributed by atoms with E-state index in [1.165, 1.54) is 10.9 Å². The molecule has 1 N–H and O–H groups in total. The summed E-state index contributed by atoms with van der Waals surface area (Å²) in [4.78, 5) is 0. The van der Waals surface area contributed by atoms with Gasteiger partial charge in [-0.25, -0.2) is 0 Å². The summed E-state index contributed by atoms with van der Waals surface area (Å²) >= 11 is 0. The van der Waals surface area contributed by atoms with Gasteiger partial charge in [0.1, 0.15) is 11.3 Å². The van der Waals surface area contributed by atoms with Gasteiger partial charge in [0.2, 0.25) is 0 Å². The smallest absolute Gasteiger partial charge is 0.134 e.